The molecule has 2 aromatic heterocycles. The highest BCUT2D eigenvalue weighted by atomic mass is 32.2. The molecular formula is C17H19N5O2S3. The standard InChI is InChI=1S/C17H19N5O2S3/c1-10-4-5-12-13(7-10)26-16(19-12)20-14(23)9-25-17-22-21-15(27-17)18-8-11-3-2-6-24-11/h4-5,7,11H,2-3,6,8-9H2,1H3,(H,18,21)(H,19,20,23). The van der Waals surface area contributed by atoms with Gasteiger partial charge in [-0.15, -0.1) is 10.2 Å². The van der Waals surface area contributed by atoms with E-state index in [0.29, 0.717) is 5.13 Å². The van der Waals surface area contributed by atoms with Crippen LogP contribution in [-0.2, 0) is 9.53 Å². The molecule has 1 aromatic carbocycles. The van der Waals surface area contributed by atoms with Crippen molar-refractivity contribution < 1.29 is 9.53 Å². The average molecular weight is 422 g/mol. The first-order valence-corrected chi connectivity index (χ1v) is 11.3. The minimum atomic E-state index is -0.0974. The summed E-state index contributed by atoms with van der Waals surface area (Å²) >= 11 is 4.31. The Morgan fingerprint density at radius 2 is 2.26 bits per heavy atom. The van der Waals surface area contributed by atoms with E-state index in [0.717, 1.165) is 45.7 Å². The van der Waals surface area contributed by atoms with E-state index in [-0.39, 0.29) is 17.8 Å². The second-order valence-corrected chi connectivity index (χ2v) is 9.45. The Hall–Kier alpha value is -1.75. The second kappa shape index (κ2) is 8.51. The fourth-order valence-corrected chi connectivity index (χ4v) is 5.25. The summed E-state index contributed by atoms with van der Waals surface area (Å²) in [6.07, 6.45) is 2.46. The average Bonchev–Trinajstić information content (AvgIpc) is 3.38. The fourth-order valence-electron chi connectivity index (χ4n) is 2.71. The van der Waals surface area contributed by atoms with Gasteiger partial charge in [0.25, 0.3) is 0 Å². The van der Waals surface area contributed by atoms with Crippen LogP contribution in [0.5, 0.6) is 0 Å². The van der Waals surface area contributed by atoms with Crippen LogP contribution in [0, 0.1) is 6.92 Å². The Balaban J connectivity index is 1.26. The first-order chi connectivity index (χ1) is 13.2. The maximum atomic E-state index is 12.2. The van der Waals surface area contributed by atoms with E-state index in [9.17, 15) is 4.79 Å². The number of fused-ring (bicyclic) bond motifs is 1. The van der Waals surface area contributed by atoms with Crippen LogP contribution in [0.3, 0.4) is 0 Å². The molecule has 1 aliphatic rings. The molecule has 0 spiro atoms. The van der Waals surface area contributed by atoms with Gasteiger partial charge < -0.3 is 15.4 Å². The van der Waals surface area contributed by atoms with E-state index in [4.69, 9.17) is 4.74 Å². The largest absolute Gasteiger partial charge is 0.376 e. The Morgan fingerprint density at radius 3 is 3.11 bits per heavy atom. The molecule has 1 unspecified atom stereocenters. The van der Waals surface area contributed by atoms with E-state index < -0.39 is 0 Å². The lowest BCUT2D eigenvalue weighted by Crippen LogP contribution is -2.18. The Bertz CT molecular complexity index is 936. The summed E-state index contributed by atoms with van der Waals surface area (Å²) in [4.78, 5) is 16.6. The van der Waals surface area contributed by atoms with Crippen LogP contribution in [0.25, 0.3) is 10.2 Å². The molecular weight excluding hydrogens is 402 g/mol. The molecule has 27 heavy (non-hydrogen) atoms. The van der Waals surface area contributed by atoms with Crippen molar-refractivity contribution in [1.82, 2.24) is 15.2 Å². The molecule has 10 heteroatoms. The number of nitrogens with zero attached hydrogens (tertiary/aromatic N) is 3. The van der Waals surface area contributed by atoms with Gasteiger partial charge >= 0.3 is 0 Å². The first-order valence-electron chi connectivity index (χ1n) is 8.64. The van der Waals surface area contributed by atoms with E-state index in [1.165, 1.54) is 40.0 Å². The van der Waals surface area contributed by atoms with Gasteiger partial charge in [-0.05, 0) is 37.5 Å². The minimum Gasteiger partial charge on any atom is -0.376 e. The van der Waals surface area contributed by atoms with Gasteiger partial charge in [0, 0.05) is 13.2 Å². The number of amides is 1. The lowest BCUT2D eigenvalue weighted by molar-refractivity contribution is -0.113. The highest BCUT2D eigenvalue weighted by molar-refractivity contribution is 8.01. The smallest absolute Gasteiger partial charge is 0.236 e. The van der Waals surface area contributed by atoms with Gasteiger partial charge in [-0.25, -0.2) is 4.98 Å². The number of rotatable bonds is 7. The topological polar surface area (TPSA) is 89.0 Å². The number of aromatic nitrogens is 3. The van der Waals surface area contributed by atoms with Crippen molar-refractivity contribution in [3.63, 3.8) is 0 Å². The van der Waals surface area contributed by atoms with E-state index in [1.807, 2.05) is 19.1 Å². The number of carbonyl (C=O) groups excluding carboxylic acids is 1. The Morgan fingerprint density at radius 1 is 1.33 bits per heavy atom. The van der Waals surface area contributed by atoms with Gasteiger partial charge in [0.15, 0.2) is 9.47 Å². The molecule has 142 valence electrons. The molecule has 7 nitrogen and oxygen atoms in total. The number of ether oxygens (including phenoxy) is 1. The van der Waals surface area contributed by atoms with Gasteiger partial charge in [0.1, 0.15) is 0 Å². The molecule has 0 saturated carbocycles. The van der Waals surface area contributed by atoms with Gasteiger partial charge in [0.2, 0.25) is 11.0 Å². The van der Waals surface area contributed by atoms with E-state index in [1.54, 1.807) is 0 Å². The highest BCUT2D eigenvalue weighted by Gasteiger charge is 2.16. The summed E-state index contributed by atoms with van der Waals surface area (Å²) in [5, 5.41) is 15.7. The van der Waals surface area contributed by atoms with Gasteiger partial charge in [-0.1, -0.05) is 40.5 Å². The van der Waals surface area contributed by atoms with Crippen LogP contribution in [0.15, 0.2) is 22.5 Å². The Kier molecular flexibility index (Phi) is 5.86. The van der Waals surface area contributed by atoms with Crippen LogP contribution in [0.4, 0.5) is 10.3 Å². The van der Waals surface area contributed by atoms with E-state index >= 15 is 0 Å². The molecule has 1 atom stereocenters. The zero-order chi connectivity index (χ0) is 18.6. The monoisotopic (exact) mass is 421 g/mol. The van der Waals surface area contributed by atoms with Gasteiger partial charge in [0.05, 0.1) is 22.1 Å². The van der Waals surface area contributed by atoms with Crippen molar-refractivity contribution in [2.75, 3.05) is 29.5 Å². The number of carbonyl (C=O) groups is 1. The van der Waals surface area contributed by atoms with Crippen molar-refractivity contribution in [2.24, 2.45) is 0 Å². The van der Waals surface area contributed by atoms with Crippen LogP contribution in [0.1, 0.15) is 18.4 Å². The maximum Gasteiger partial charge on any atom is 0.236 e. The Labute approximate surface area is 168 Å². The SMILES string of the molecule is Cc1ccc2nc(NC(=O)CSc3nnc(NCC4CCCO4)s3)sc2c1. The number of anilines is 2. The summed E-state index contributed by atoms with van der Waals surface area (Å²) in [7, 11) is 0. The summed E-state index contributed by atoms with van der Waals surface area (Å²) in [6.45, 7) is 3.63. The molecule has 4 rings (SSSR count). The molecule has 1 fully saturated rings. The van der Waals surface area contributed by atoms with Gasteiger partial charge in [-0.3, -0.25) is 4.79 Å². The zero-order valence-electron chi connectivity index (χ0n) is 14.7. The molecule has 0 aliphatic carbocycles. The number of aryl methyl sites for hydroxylation is 1. The van der Waals surface area contributed by atoms with Crippen LogP contribution in [-0.4, -0.2) is 46.1 Å². The third-order valence-electron chi connectivity index (χ3n) is 4.03. The van der Waals surface area contributed by atoms with Gasteiger partial charge in [-0.2, -0.15) is 0 Å². The highest BCUT2D eigenvalue weighted by Crippen LogP contribution is 2.28. The second-order valence-electron chi connectivity index (χ2n) is 6.22. The number of thioether (sulfide) groups is 1. The third-order valence-corrected chi connectivity index (χ3v) is 6.98. The van der Waals surface area contributed by atoms with Crippen LogP contribution in [0.2, 0.25) is 0 Å². The summed E-state index contributed by atoms with van der Waals surface area (Å²) in [5.74, 6) is 0.176. The normalized spacial score (nSPS) is 16.7. The third kappa shape index (κ3) is 4.95. The number of nitrogens with one attached hydrogen (secondary N) is 2. The van der Waals surface area contributed by atoms with Crippen LogP contribution >= 0.6 is 34.4 Å². The molecule has 1 saturated heterocycles. The van der Waals surface area contributed by atoms with E-state index in [2.05, 4.69) is 31.9 Å². The number of hydrogen-bond donors (Lipinski definition) is 2. The summed E-state index contributed by atoms with van der Waals surface area (Å²) < 4.78 is 7.41. The summed E-state index contributed by atoms with van der Waals surface area (Å²) in [6, 6.07) is 6.06. The zero-order valence-corrected chi connectivity index (χ0v) is 17.2. The van der Waals surface area contributed by atoms with Crippen molar-refractivity contribution in [3.05, 3.63) is 23.8 Å². The van der Waals surface area contributed by atoms with Crippen molar-refractivity contribution >= 4 is 60.8 Å². The molecule has 1 amide bonds. The first kappa shape index (κ1) is 18.6. The molecule has 3 heterocycles. The molecule has 3 aromatic rings. The number of benzene rings is 1. The quantitative estimate of drug-likeness (QED) is 0.561. The summed E-state index contributed by atoms with van der Waals surface area (Å²) in [5.41, 5.74) is 2.08. The molecule has 0 radical (unpaired) electrons. The van der Waals surface area contributed by atoms with Crippen molar-refractivity contribution in [2.45, 2.75) is 30.2 Å². The maximum absolute atomic E-state index is 12.2. The molecule has 0 bridgehead atoms. The molecule has 1 aliphatic heterocycles. The van der Waals surface area contributed by atoms with Crippen molar-refractivity contribution in [3.8, 4) is 0 Å². The predicted molar refractivity (Wildman–Crippen MR) is 111 cm³/mol. The fraction of sp³-hybridized carbons (Fsp3) is 0.412. The number of hydrogen-bond acceptors (Lipinski definition) is 9. The van der Waals surface area contributed by atoms with Crippen molar-refractivity contribution in [1.29, 1.82) is 0 Å². The minimum absolute atomic E-state index is 0.0974. The predicted octanol–water partition coefficient (Wildman–Crippen LogP) is 3.78. The number of thiazole rings is 1. The van der Waals surface area contributed by atoms with Crippen LogP contribution < -0.4 is 10.6 Å². The lowest BCUT2D eigenvalue weighted by Gasteiger charge is -2.08. The molecule has 2 N–H and O–H groups in total. The lowest BCUT2D eigenvalue weighted by atomic mass is 10.2.